The third kappa shape index (κ3) is 1.73. The first-order valence-corrected chi connectivity index (χ1v) is 5.48. The first-order chi connectivity index (χ1) is 6.81. The number of hydrogen-bond acceptors (Lipinski definition) is 5. The van der Waals surface area contributed by atoms with Crippen molar-refractivity contribution in [1.29, 1.82) is 0 Å². The highest BCUT2D eigenvalue weighted by Crippen LogP contribution is 2.25. The number of thioether (sulfide) groups is 1. The number of rotatable bonds is 2. The van der Waals surface area contributed by atoms with Crippen LogP contribution >= 0.6 is 11.8 Å². The second kappa shape index (κ2) is 3.98. The lowest BCUT2D eigenvalue weighted by Gasteiger charge is -2.27. The van der Waals surface area contributed by atoms with Gasteiger partial charge in [-0.05, 0) is 17.9 Å². The summed E-state index contributed by atoms with van der Waals surface area (Å²) in [6.45, 7) is 2.11. The number of hydrogen-bond donors (Lipinski definition) is 1. The third-order valence-corrected chi connectivity index (χ3v) is 2.75. The van der Waals surface area contributed by atoms with Crippen LogP contribution < -0.4 is 5.73 Å². The van der Waals surface area contributed by atoms with Gasteiger partial charge < -0.3 is 5.73 Å². The molecular weight excluding hydrogens is 196 g/mol. The van der Waals surface area contributed by atoms with E-state index in [2.05, 4.69) is 16.9 Å². The van der Waals surface area contributed by atoms with E-state index >= 15 is 0 Å². The minimum absolute atomic E-state index is 0.265. The summed E-state index contributed by atoms with van der Waals surface area (Å²) < 4.78 is 0. The van der Waals surface area contributed by atoms with Gasteiger partial charge in [0.15, 0.2) is 0 Å². The highest BCUT2D eigenvalue weighted by Gasteiger charge is 2.20. The van der Waals surface area contributed by atoms with E-state index < -0.39 is 0 Å². The number of nitrogens with two attached hydrogens (primary N) is 1. The Bertz CT molecular complexity index is 343. The quantitative estimate of drug-likeness (QED) is 0.740. The zero-order valence-electron chi connectivity index (χ0n) is 7.92. The summed E-state index contributed by atoms with van der Waals surface area (Å²) in [5.74, 6) is 1.69. The molecule has 74 valence electrons. The van der Waals surface area contributed by atoms with E-state index in [0.717, 1.165) is 10.8 Å². The van der Waals surface area contributed by atoms with Gasteiger partial charge in [-0.25, -0.2) is 9.98 Å². The van der Waals surface area contributed by atoms with Crippen LogP contribution in [0.1, 0.15) is 6.92 Å². The molecule has 0 amide bonds. The standard InChI is InChI=1S/C9H12N4S/c1-2-14-8-6-7(10)12-9-11-4-3-5-13(8)9/h3-7H,2,10H2,1H3. The lowest BCUT2D eigenvalue weighted by atomic mass is 10.4. The molecule has 0 aliphatic carbocycles. The molecule has 1 unspecified atom stereocenters. The third-order valence-electron chi connectivity index (χ3n) is 1.83. The second-order valence-corrected chi connectivity index (χ2v) is 4.13. The van der Waals surface area contributed by atoms with Gasteiger partial charge in [-0.3, -0.25) is 4.90 Å². The number of guanidine groups is 1. The fourth-order valence-electron chi connectivity index (χ4n) is 1.29. The van der Waals surface area contributed by atoms with Gasteiger partial charge in [-0.2, -0.15) is 0 Å². The van der Waals surface area contributed by atoms with Crippen LogP contribution in [0, 0.1) is 0 Å². The topological polar surface area (TPSA) is 54.0 Å². The summed E-state index contributed by atoms with van der Waals surface area (Å²) in [5, 5.41) is 1.11. The molecule has 5 heteroatoms. The maximum atomic E-state index is 5.76. The summed E-state index contributed by atoms with van der Waals surface area (Å²) in [5.41, 5.74) is 5.76. The van der Waals surface area contributed by atoms with Crippen LogP contribution in [0.25, 0.3) is 0 Å². The molecule has 2 aliphatic heterocycles. The van der Waals surface area contributed by atoms with Crippen molar-refractivity contribution >= 4 is 23.9 Å². The van der Waals surface area contributed by atoms with E-state index in [1.54, 1.807) is 18.0 Å². The number of nitrogens with zero attached hydrogens (tertiary/aromatic N) is 3. The van der Waals surface area contributed by atoms with Gasteiger partial charge in [0.2, 0.25) is 5.96 Å². The van der Waals surface area contributed by atoms with Gasteiger partial charge in [0.05, 0.1) is 5.03 Å². The van der Waals surface area contributed by atoms with Crippen molar-refractivity contribution in [2.45, 2.75) is 13.1 Å². The summed E-state index contributed by atoms with van der Waals surface area (Å²) in [7, 11) is 0. The van der Waals surface area contributed by atoms with Crippen molar-refractivity contribution < 1.29 is 0 Å². The molecule has 0 aromatic rings. The van der Waals surface area contributed by atoms with E-state index in [4.69, 9.17) is 5.73 Å². The summed E-state index contributed by atoms with van der Waals surface area (Å²) >= 11 is 1.74. The van der Waals surface area contributed by atoms with E-state index in [1.807, 2.05) is 23.3 Å². The zero-order chi connectivity index (χ0) is 9.97. The van der Waals surface area contributed by atoms with Crippen molar-refractivity contribution in [1.82, 2.24) is 4.90 Å². The first-order valence-electron chi connectivity index (χ1n) is 4.49. The molecule has 14 heavy (non-hydrogen) atoms. The van der Waals surface area contributed by atoms with E-state index in [1.165, 1.54) is 0 Å². The molecule has 4 nitrogen and oxygen atoms in total. The molecule has 0 aromatic heterocycles. The van der Waals surface area contributed by atoms with Gasteiger partial charge in [-0.1, -0.05) is 6.92 Å². The van der Waals surface area contributed by atoms with Gasteiger partial charge >= 0.3 is 0 Å². The molecular formula is C9H12N4S. The summed E-state index contributed by atoms with van der Waals surface area (Å²) in [6.07, 6.45) is 7.25. The molecule has 1 atom stereocenters. The van der Waals surface area contributed by atoms with Gasteiger partial charge in [0.1, 0.15) is 6.17 Å². The fraction of sp³-hybridized carbons (Fsp3) is 0.333. The van der Waals surface area contributed by atoms with Gasteiger partial charge in [-0.15, -0.1) is 11.8 Å². The van der Waals surface area contributed by atoms with E-state index in [0.29, 0.717) is 5.96 Å². The first kappa shape index (κ1) is 9.48. The van der Waals surface area contributed by atoms with Crippen molar-refractivity contribution in [3.63, 3.8) is 0 Å². The molecule has 0 aromatic carbocycles. The SMILES string of the molecule is CCSC1=CC(N)N=C2N=CC=CN12. The Balaban J connectivity index is 2.26. The minimum Gasteiger partial charge on any atom is -0.306 e. The Hall–Kier alpha value is -1.07. The van der Waals surface area contributed by atoms with Crippen LogP contribution in [0.4, 0.5) is 0 Å². The second-order valence-electron chi connectivity index (χ2n) is 2.85. The number of allylic oxidation sites excluding steroid dienone is 1. The Kier molecular flexibility index (Phi) is 2.69. The Labute approximate surface area is 87.3 Å². The number of fused-ring (bicyclic) bond motifs is 1. The largest absolute Gasteiger partial charge is 0.306 e. The summed E-state index contributed by atoms with van der Waals surface area (Å²) in [4.78, 5) is 10.3. The molecule has 0 bridgehead atoms. The van der Waals surface area contributed by atoms with Crippen molar-refractivity contribution in [3.8, 4) is 0 Å². The maximum absolute atomic E-state index is 5.76. The molecule has 2 aliphatic rings. The average molecular weight is 208 g/mol. The minimum atomic E-state index is -0.265. The van der Waals surface area contributed by atoms with Crippen LogP contribution in [-0.4, -0.2) is 29.0 Å². The van der Waals surface area contributed by atoms with Crippen molar-refractivity contribution in [2.24, 2.45) is 15.7 Å². The molecule has 0 saturated heterocycles. The highest BCUT2D eigenvalue weighted by atomic mass is 32.2. The van der Waals surface area contributed by atoms with Crippen LogP contribution in [0.2, 0.25) is 0 Å². The lowest BCUT2D eigenvalue weighted by molar-refractivity contribution is 0.666. The number of aliphatic imine (C=N–C) groups is 2. The Morgan fingerprint density at radius 1 is 1.64 bits per heavy atom. The average Bonchev–Trinajstić information content (AvgIpc) is 2.18. The van der Waals surface area contributed by atoms with Crippen LogP contribution in [0.15, 0.2) is 33.4 Å². The van der Waals surface area contributed by atoms with Crippen molar-refractivity contribution in [3.05, 3.63) is 23.4 Å². The van der Waals surface area contributed by atoms with Gasteiger partial charge in [0, 0.05) is 12.4 Å². The predicted octanol–water partition coefficient (Wildman–Crippen LogP) is 1.14. The molecule has 2 rings (SSSR count). The Morgan fingerprint density at radius 2 is 2.50 bits per heavy atom. The highest BCUT2D eigenvalue weighted by molar-refractivity contribution is 8.03. The molecule has 2 N–H and O–H groups in total. The molecule has 2 heterocycles. The van der Waals surface area contributed by atoms with Crippen LogP contribution in [0.3, 0.4) is 0 Å². The lowest BCUT2D eigenvalue weighted by Crippen LogP contribution is -2.33. The van der Waals surface area contributed by atoms with E-state index in [-0.39, 0.29) is 6.17 Å². The maximum Gasteiger partial charge on any atom is 0.231 e. The Morgan fingerprint density at radius 3 is 3.29 bits per heavy atom. The van der Waals surface area contributed by atoms with Crippen LogP contribution in [-0.2, 0) is 0 Å². The fourth-order valence-corrected chi connectivity index (χ4v) is 2.11. The predicted molar refractivity (Wildman–Crippen MR) is 61.1 cm³/mol. The monoisotopic (exact) mass is 208 g/mol. The molecule has 0 spiro atoms. The van der Waals surface area contributed by atoms with Crippen LogP contribution in [0.5, 0.6) is 0 Å². The zero-order valence-corrected chi connectivity index (χ0v) is 8.74. The smallest absolute Gasteiger partial charge is 0.231 e. The summed E-state index contributed by atoms with van der Waals surface area (Å²) in [6, 6.07) is 0. The molecule has 0 fully saturated rings. The van der Waals surface area contributed by atoms with E-state index in [9.17, 15) is 0 Å². The molecule has 0 saturated carbocycles. The van der Waals surface area contributed by atoms with Gasteiger partial charge in [0.25, 0.3) is 0 Å². The normalized spacial score (nSPS) is 24.4. The molecule has 0 radical (unpaired) electrons. The van der Waals surface area contributed by atoms with Crippen molar-refractivity contribution in [2.75, 3.05) is 5.75 Å².